The minimum atomic E-state index is 0.179. The van der Waals surface area contributed by atoms with E-state index in [1.54, 1.807) is 0 Å². The molecule has 4 heteroatoms. The third-order valence-corrected chi connectivity index (χ3v) is 5.26. The zero-order chi connectivity index (χ0) is 17.6. The molecule has 3 rings (SSSR count). The van der Waals surface area contributed by atoms with Gasteiger partial charge in [-0.15, -0.1) is 0 Å². The van der Waals surface area contributed by atoms with Gasteiger partial charge in [-0.25, -0.2) is 4.68 Å². The van der Waals surface area contributed by atoms with Crippen LogP contribution in [0, 0.1) is 13.8 Å². The van der Waals surface area contributed by atoms with Gasteiger partial charge in [0.25, 0.3) is 0 Å². The van der Waals surface area contributed by atoms with Gasteiger partial charge < -0.3 is 5.32 Å². The Morgan fingerprint density at radius 3 is 2.48 bits per heavy atom. The summed E-state index contributed by atoms with van der Waals surface area (Å²) in [6, 6.07) is 10.5. The van der Waals surface area contributed by atoms with E-state index in [4.69, 9.17) is 0 Å². The van der Waals surface area contributed by atoms with Crippen molar-refractivity contribution in [1.29, 1.82) is 0 Å². The van der Waals surface area contributed by atoms with E-state index < -0.39 is 0 Å². The third-order valence-electron chi connectivity index (χ3n) is 5.26. The summed E-state index contributed by atoms with van der Waals surface area (Å²) in [5.41, 5.74) is 4.41. The number of nitrogens with one attached hydrogen (secondary N) is 1. The first-order valence-corrected chi connectivity index (χ1v) is 9.55. The van der Waals surface area contributed by atoms with E-state index in [-0.39, 0.29) is 5.91 Å². The van der Waals surface area contributed by atoms with Crippen LogP contribution in [-0.4, -0.2) is 21.7 Å². The molecule has 0 atom stereocenters. The van der Waals surface area contributed by atoms with Crippen molar-refractivity contribution in [3.05, 3.63) is 47.3 Å². The van der Waals surface area contributed by atoms with Crippen molar-refractivity contribution in [2.75, 3.05) is 0 Å². The van der Waals surface area contributed by atoms with Crippen molar-refractivity contribution < 1.29 is 4.79 Å². The fraction of sp³-hybridized carbons (Fsp3) is 0.524. The Kier molecular flexibility index (Phi) is 5.90. The molecule has 134 valence electrons. The lowest BCUT2D eigenvalue weighted by atomic mass is 10.1. The van der Waals surface area contributed by atoms with Crippen LogP contribution in [0.4, 0.5) is 0 Å². The van der Waals surface area contributed by atoms with Crippen LogP contribution < -0.4 is 5.32 Å². The summed E-state index contributed by atoms with van der Waals surface area (Å²) >= 11 is 0. The van der Waals surface area contributed by atoms with Crippen LogP contribution in [0.15, 0.2) is 30.3 Å². The Bertz CT molecular complexity index is 697. The van der Waals surface area contributed by atoms with Crippen LogP contribution in [0.3, 0.4) is 0 Å². The minimum absolute atomic E-state index is 0.179. The van der Waals surface area contributed by atoms with Gasteiger partial charge in [0.05, 0.1) is 11.4 Å². The summed E-state index contributed by atoms with van der Waals surface area (Å²) in [6.07, 6.45) is 8.67. The second kappa shape index (κ2) is 8.32. The molecule has 0 spiro atoms. The number of carbonyl (C=O) groups is 1. The molecule has 2 aromatic rings. The van der Waals surface area contributed by atoms with Crippen molar-refractivity contribution in [3.8, 4) is 5.69 Å². The Labute approximate surface area is 150 Å². The zero-order valence-corrected chi connectivity index (χ0v) is 15.4. The molecule has 0 aliphatic heterocycles. The van der Waals surface area contributed by atoms with Crippen molar-refractivity contribution in [2.45, 2.75) is 71.3 Å². The van der Waals surface area contributed by atoms with Crippen LogP contribution >= 0.6 is 0 Å². The maximum Gasteiger partial charge on any atom is 0.220 e. The molecule has 0 radical (unpaired) electrons. The molecule has 0 unspecified atom stereocenters. The topological polar surface area (TPSA) is 46.9 Å². The highest BCUT2D eigenvalue weighted by Gasteiger charge is 2.17. The molecule has 1 aromatic heterocycles. The number of nitrogens with zero attached hydrogens (tertiary/aromatic N) is 2. The van der Waals surface area contributed by atoms with E-state index in [2.05, 4.69) is 29.5 Å². The lowest BCUT2D eigenvalue weighted by Gasteiger charge is -2.16. The molecule has 1 heterocycles. The van der Waals surface area contributed by atoms with Gasteiger partial charge in [0.2, 0.25) is 5.91 Å². The molecule has 1 aliphatic rings. The van der Waals surface area contributed by atoms with Crippen LogP contribution in [0.2, 0.25) is 0 Å². The number of amides is 1. The van der Waals surface area contributed by atoms with E-state index in [9.17, 15) is 4.79 Å². The maximum atomic E-state index is 12.4. The van der Waals surface area contributed by atoms with Crippen molar-refractivity contribution >= 4 is 5.91 Å². The van der Waals surface area contributed by atoms with Gasteiger partial charge >= 0.3 is 0 Å². The average Bonchev–Trinajstić information content (AvgIpc) is 2.79. The average molecular weight is 339 g/mol. The largest absolute Gasteiger partial charge is 0.353 e. The number of hydrogen-bond donors (Lipinski definition) is 1. The third kappa shape index (κ3) is 4.50. The fourth-order valence-corrected chi connectivity index (χ4v) is 3.82. The standard InChI is InChI=1S/C21H29N3O/c1-16-20(17(2)24(23-16)19-12-8-5-9-13-19)14-15-21(25)22-18-10-6-3-4-7-11-18/h5,8-9,12-13,18H,3-4,6-7,10-11,14-15H2,1-2H3,(H,22,25). The first kappa shape index (κ1) is 17.7. The first-order chi connectivity index (χ1) is 12.1. The lowest BCUT2D eigenvalue weighted by molar-refractivity contribution is -0.121. The summed E-state index contributed by atoms with van der Waals surface area (Å²) < 4.78 is 1.98. The zero-order valence-electron chi connectivity index (χ0n) is 15.4. The van der Waals surface area contributed by atoms with Crippen LogP contribution in [0.1, 0.15) is 61.9 Å². The summed E-state index contributed by atoms with van der Waals surface area (Å²) in [5.74, 6) is 0.179. The van der Waals surface area contributed by atoms with Crippen LogP contribution in [0.5, 0.6) is 0 Å². The highest BCUT2D eigenvalue weighted by atomic mass is 16.1. The van der Waals surface area contributed by atoms with Gasteiger partial charge in [0.1, 0.15) is 0 Å². The van der Waals surface area contributed by atoms with E-state index in [0.717, 1.165) is 36.3 Å². The minimum Gasteiger partial charge on any atom is -0.353 e. The van der Waals surface area contributed by atoms with E-state index in [0.29, 0.717) is 12.5 Å². The number of carbonyl (C=O) groups excluding carboxylic acids is 1. The first-order valence-electron chi connectivity index (χ1n) is 9.55. The second-order valence-corrected chi connectivity index (χ2v) is 7.15. The van der Waals surface area contributed by atoms with E-state index in [1.165, 1.54) is 31.2 Å². The smallest absolute Gasteiger partial charge is 0.220 e. The van der Waals surface area contributed by atoms with Gasteiger partial charge in [0.15, 0.2) is 0 Å². The van der Waals surface area contributed by atoms with E-state index >= 15 is 0 Å². The van der Waals surface area contributed by atoms with Crippen molar-refractivity contribution in [2.24, 2.45) is 0 Å². The molecular weight excluding hydrogens is 310 g/mol. The number of aromatic nitrogens is 2. The fourth-order valence-electron chi connectivity index (χ4n) is 3.82. The molecule has 25 heavy (non-hydrogen) atoms. The van der Waals surface area contributed by atoms with Gasteiger partial charge in [-0.05, 0) is 50.8 Å². The lowest BCUT2D eigenvalue weighted by Crippen LogP contribution is -2.34. The predicted molar refractivity (Wildman–Crippen MR) is 101 cm³/mol. The predicted octanol–water partition coefficient (Wildman–Crippen LogP) is 4.26. The van der Waals surface area contributed by atoms with Crippen molar-refractivity contribution in [1.82, 2.24) is 15.1 Å². The monoisotopic (exact) mass is 339 g/mol. The highest BCUT2D eigenvalue weighted by molar-refractivity contribution is 5.76. The van der Waals surface area contributed by atoms with Gasteiger partial charge in [-0.3, -0.25) is 4.79 Å². The SMILES string of the molecule is Cc1nn(-c2ccccc2)c(C)c1CCC(=O)NC1CCCCCC1. The second-order valence-electron chi connectivity index (χ2n) is 7.15. The molecule has 1 fully saturated rings. The Hall–Kier alpha value is -2.10. The normalized spacial score (nSPS) is 15.8. The molecule has 1 aliphatic carbocycles. The van der Waals surface area contributed by atoms with Crippen LogP contribution in [0.25, 0.3) is 5.69 Å². The van der Waals surface area contributed by atoms with E-state index in [1.807, 2.05) is 29.8 Å². The summed E-state index contributed by atoms with van der Waals surface area (Å²) in [6.45, 7) is 4.12. The Balaban J connectivity index is 1.61. The summed E-state index contributed by atoms with van der Waals surface area (Å²) in [7, 11) is 0. The van der Waals surface area contributed by atoms with Gasteiger partial charge in [0, 0.05) is 18.2 Å². The maximum absolute atomic E-state index is 12.4. The summed E-state index contributed by atoms with van der Waals surface area (Å²) in [4.78, 5) is 12.4. The Morgan fingerprint density at radius 1 is 1.12 bits per heavy atom. The molecular formula is C21H29N3O. The number of hydrogen-bond acceptors (Lipinski definition) is 2. The van der Waals surface area contributed by atoms with Crippen molar-refractivity contribution in [3.63, 3.8) is 0 Å². The molecule has 1 aromatic carbocycles. The highest BCUT2D eigenvalue weighted by Crippen LogP contribution is 2.20. The number of para-hydroxylation sites is 1. The van der Waals surface area contributed by atoms with Crippen LogP contribution in [-0.2, 0) is 11.2 Å². The number of aryl methyl sites for hydroxylation is 1. The molecule has 1 N–H and O–H groups in total. The molecule has 4 nitrogen and oxygen atoms in total. The molecule has 0 bridgehead atoms. The molecule has 1 saturated carbocycles. The number of rotatable bonds is 5. The quantitative estimate of drug-likeness (QED) is 0.827. The number of benzene rings is 1. The Morgan fingerprint density at radius 2 is 1.80 bits per heavy atom. The van der Waals surface area contributed by atoms with Gasteiger partial charge in [-0.1, -0.05) is 43.9 Å². The molecule has 1 amide bonds. The molecule has 0 saturated heterocycles. The van der Waals surface area contributed by atoms with Gasteiger partial charge in [-0.2, -0.15) is 5.10 Å². The summed E-state index contributed by atoms with van der Waals surface area (Å²) in [5, 5.41) is 7.91.